The van der Waals surface area contributed by atoms with Crippen molar-refractivity contribution in [2.75, 3.05) is 0 Å². The zero-order valence-corrected chi connectivity index (χ0v) is 10.8. The van der Waals surface area contributed by atoms with Crippen molar-refractivity contribution in [2.45, 2.75) is 18.4 Å². The van der Waals surface area contributed by atoms with Gasteiger partial charge in [0.2, 0.25) is 0 Å². The highest BCUT2D eigenvalue weighted by molar-refractivity contribution is 7.80. The fourth-order valence-corrected chi connectivity index (χ4v) is 1.64. The minimum atomic E-state index is -0.125. The fourth-order valence-electron chi connectivity index (χ4n) is 1.49. The maximum absolute atomic E-state index is 11.8. The summed E-state index contributed by atoms with van der Waals surface area (Å²) in [5.41, 5.74) is 1.40. The molecule has 92 valence electrons. The van der Waals surface area contributed by atoms with Crippen LogP contribution in [0.2, 0.25) is 0 Å². The Balaban J connectivity index is 1.98. The van der Waals surface area contributed by atoms with Crippen molar-refractivity contribution < 1.29 is 4.79 Å². The molecule has 1 aromatic carbocycles. The van der Waals surface area contributed by atoms with E-state index >= 15 is 0 Å². The molecule has 2 rings (SSSR count). The molecule has 0 unspecified atom stereocenters. The monoisotopic (exact) mass is 259 g/mol. The molecule has 0 aliphatic heterocycles. The summed E-state index contributed by atoms with van der Waals surface area (Å²) in [7, 11) is 0. The number of hydrogen-bond acceptors (Lipinski definition) is 4. The van der Waals surface area contributed by atoms with E-state index in [0.29, 0.717) is 17.9 Å². The quantitative estimate of drug-likeness (QED) is 0.829. The van der Waals surface area contributed by atoms with Gasteiger partial charge in [-0.3, -0.25) is 4.79 Å². The molecule has 1 N–H and O–H groups in total. The Morgan fingerprint density at radius 3 is 2.67 bits per heavy atom. The van der Waals surface area contributed by atoms with Crippen molar-refractivity contribution in [2.24, 2.45) is 0 Å². The lowest BCUT2D eigenvalue weighted by atomic mass is 10.2. The van der Waals surface area contributed by atoms with Crippen LogP contribution < -0.4 is 5.32 Å². The lowest BCUT2D eigenvalue weighted by molar-refractivity contribution is 0.0950. The van der Waals surface area contributed by atoms with Crippen molar-refractivity contribution in [3.05, 3.63) is 53.6 Å². The van der Waals surface area contributed by atoms with Gasteiger partial charge in [-0.25, -0.2) is 9.97 Å². The van der Waals surface area contributed by atoms with Crippen molar-refractivity contribution in [3.8, 4) is 0 Å². The van der Waals surface area contributed by atoms with Gasteiger partial charge in [0.15, 0.2) is 0 Å². The molecule has 0 fully saturated rings. The van der Waals surface area contributed by atoms with Gasteiger partial charge in [-0.1, -0.05) is 0 Å². The number of benzene rings is 1. The summed E-state index contributed by atoms with van der Waals surface area (Å²) in [6.45, 7) is 2.21. The Morgan fingerprint density at radius 1 is 1.28 bits per heavy atom. The highest BCUT2D eigenvalue weighted by Crippen LogP contribution is 2.07. The third-order valence-corrected chi connectivity index (χ3v) is 2.69. The Labute approximate surface area is 111 Å². The number of carbonyl (C=O) groups is 1. The summed E-state index contributed by atoms with van der Waals surface area (Å²) in [4.78, 5) is 20.9. The van der Waals surface area contributed by atoms with E-state index in [1.807, 2.05) is 6.92 Å². The van der Waals surface area contributed by atoms with Crippen LogP contribution in [0.25, 0.3) is 0 Å². The van der Waals surface area contributed by atoms with Crippen LogP contribution in [0.15, 0.2) is 41.4 Å². The smallest absolute Gasteiger partial charge is 0.251 e. The Morgan fingerprint density at radius 2 is 2.00 bits per heavy atom. The highest BCUT2D eigenvalue weighted by Gasteiger charge is 2.05. The minimum absolute atomic E-state index is 0.125. The molecule has 0 aliphatic rings. The molecule has 2 aromatic rings. The Bertz CT molecular complexity index is 554. The van der Waals surface area contributed by atoms with Gasteiger partial charge in [0.25, 0.3) is 5.91 Å². The van der Waals surface area contributed by atoms with E-state index in [2.05, 4.69) is 27.9 Å². The number of aromatic nitrogens is 2. The summed E-state index contributed by atoms with van der Waals surface area (Å²) in [5, 5.41) is 2.81. The molecule has 18 heavy (non-hydrogen) atoms. The standard InChI is InChI=1S/C13H13N3OS/c1-9-14-7-6-11(16-9)8-15-13(17)10-2-4-12(18)5-3-10/h2-7,18H,8H2,1H3,(H,15,17). The number of thiol groups is 1. The van der Waals surface area contributed by atoms with Crippen molar-refractivity contribution in [3.63, 3.8) is 0 Å². The zero-order valence-electron chi connectivity index (χ0n) is 9.92. The van der Waals surface area contributed by atoms with Crippen molar-refractivity contribution in [1.29, 1.82) is 0 Å². The molecule has 0 saturated carbocycles. The molecule has 1 aromatic heterocycles. The molecular formula is C13H13N3OS. The second kappa shape index (κ2) is 5.64. The molecule has 0 aliphatic carbocycles. The van der Waals surface area contributed by atoms with Gasteiger partial charge in [-0.2, -0.15) is 0 Å². The van der Waals surface area contributed by atoms with Gasteiger partial charge in [-0.05, 0) is 37.3 Å². The first-order chi connectivity index (χ1) is 8.65. The lowest BCUT2D eigenvalue weighted by Gasteiger charge is -2.05. The molecule has 0 saturated heterocycles. The number of nitrogens with zero attached hydrogens (tertiary/aromatic N) is 2. The molecular weight excluding hydrogens is 246 g/mol. The predicted octanol–water partition coefficient (Wildman–Crippen LogP) is 2.00. The summed E-state index contributed by atoms with van der Waals surface area (Å²) >= 11 is 4.17. The predicted molar refractivity (Wildman–Crippen MR) is 71.6 cm³/mol. The summed E-state index contributed by atoms with van der Waals surface area (Å²) < 4.78 is 0. The summed E-state index contributed by atoms with van der Waals surface area (Å²) in [5.74, 6) is 0.570. The van der Waals surface area contributed by atoms with Crippen LogP contribution in [0.3, 0.4) is 0 Å². The minimum Gasteiger partial charge on any atom is -0.346 e. The first-order valence-electron chi connectivity index (χ1n) is 5.51. The van der Waals surface area contributed by atoms with E-state index in [1.165, 1.54) is 0 Å². The van der Waals surface area contributed by atoms with Gasteiger partial charge >= 0.3 is 0 Å². The molecule has 1 heterocycles. The molecule has 0 atom stereocenters. The van der Waals surface area contributed by atoms with E-state index < -0.39 is 0 Å². The number of hydrogen-bond donors (Lipinski definition) is 2. The average molecular weight is 259 g/mol. The zero-order chi connectivity index (χ0) is 13.0. The third kappa shape index (κ3) is 3.30. The van der Waals surface area contributed by atoms with Crippen molar-refractivity contribution >= 4 is 18.5 Å². The van der Waals surface area contributed by atoms with Crippen LogP contribution in [-0.4, -0.2) is 15.9 Å². The van der Waals surface area contributed by atoms with Crippen LogP contribution in [0, 0.1) is 6.92 Å². The SMILES string of the molecule is Cc1nccc(CNC(=O)c2ccc(S)cc2)n1. The molecule has 4 nitrogen and oxygen atoms in total. The van der Waals surface area contributed by atoms with E-state index in [9.17, 15) is 4.79 Å². The second-order valence-electron chi connectivity index (χ2n) is 3.82. The second-order valence-corrected chi connectivity index (χ2v) is 4.34. The molecule has 1 amide bonds. The molecule has 0 bridgehead atoms. The van der Waals surface area contributed by atoms with Crippen molar-refractivity contribution in [1.82, 2.24) is 15.3 Å². The number of amides is 1. The Kier molecular flexibility index (Phi) is 3.94. The van der Waals surface area contributed by atoms with Gasteiger partial charge < -0.3 is 5.32 Å². The Hall–Kier alpha value is -1.88. The van der Waals surface area contributed by atoms with Gasteiger partial charge in [0.1, 0.15) is 5.82 Å². The van der Waals surface area contributed by atoms with E-state index in [-0.39, 0.29) is 5.91 Å². The van der Waals surface area contributed by atoms with E-state index in [1.54, 1.807) is 36.5 Å². The maximum Gasteiger partial charge on any atom is 0.251 e. The van der Waals surface area contributed by atoms with E-state index in [4.69, 9.17) is 0 Å². The maximum atomic E-state index is 11.8. The number of rotatable bonds is 3. The first kappa shape index (κ1) is 12.6. The lowest BCUT2D eigenvalue weighted by Crippen LogP contribution is -2.23. The van der Waals surface area contributed by atoms with Crippen LogP contribution in [0.4, 0.5) is 0 Å². The number of aryl methyl sites for hydroxylation is 1. The third-order valence-electron chi connectivity index (χ3n) is 2.39. The normalized spacial score (nSPS) is 10.1. The van der Waals surface area contributed by atoms with Crippen LogP contribution in [0.5, 0.6) is 0 Å². The van der Waals surface area contributed by atoms with Gasteiger partial charge in [0, 0.05) is 16.7 Å². The van der Waals surface area contributed by atoms with Crippen LogP contribution >= 0.6 is 12.6 Å². The average Bonchev–Trinajstić information content (AvgIpc) is 2.37. The number of carbonyl (C=O) groups excluding carboxylic acids is 1. The highest BCUT2D eigenvalue weighted by atomic mass is 32.1. The molecule has 0 spiro atoms. The van der Waals surface area contributed by atoms with Gasteiger partial charge in [-0.15, -0.1) is 12.6 Å². The van der Waals surface area contributed by atoms with E-state index in [0.717, 1.165) is 10.6 Å². The fraction of sp³-hybridized carbons (Fsp3) is 0.154. The molecule has 5 heteroatoms. The molecule has 0 radical (unpaired) electrons. The largest absolute Gasteiger partial charge is 0.346 e. The number of nitrogens with one attached hydrogen (secondary N) is 1. The summed E-state index contributed by atoms with van der Waals surface area (Å²) in [6.07, 6.45) is 1.68. The summed E-state index contributed by atoms with van der Waals surface area (Å²) in [6, 6.07) is 8.83. The topological polar surface area (TPSA) is 54.9 Å². The van der Waals surface area contributed by atoms with Gasteiger partial charge in [0.05, 0.1) is 12.2 Å². The van der Waals surface area contributed by atoms with Crippen LogP contribution in [-0.2, 0) is 6.54 Å². The van der Waals surface area contributed by atoms with Crippen LogP contribution in [0.1, 0.15) is 21.9 Å². The first-order valence-corrected chi connectivity index (χ1v) is 5.95.